The Morgan fingerprint density at radius 1 is 1.25 bits per heavy atom. The lowest BCUT2D eigenvalue weighted by Gasteiger charge is -2.33. The Morgan fingerprint density at radius 2 is 1.95 bits per heavy atom. The van der Waals surface area contributed by atoms with Crippen LogP contribution in [-0.4, -0.2) is 36.3 Å². The highest BCUT2D eigenvalue weighted by Crippen LogP contribution is 2.28. The van der Waals surface area contributed by atoms with E-state index in [-0.39, 0.29) is 0 Å². The smallest absolute Gasteiger partial charge is 0.138 e. The summed E-state index contributed by atoms with van der Waals surface area (Å²) in [6.45, 7) is 9.79. The lowest BCUT2D eigenvalue weighted by Crippen LogP contribution is -2.36. The summed E-state index contributed by atoms with van der Waals surface area (Å²) >= 11 is 6.25. The molecule has 0 bridgehead atoms. The van der Waals surface area contributed by atoms with Gasteiger partial charge in [-0.15, -0.1) is 0 Å². The number of halogens is 1. The molecule has 1 fully saturated rings. The molecule has 0 amide bonds. The second-order valence-corrected chi connectivity index (χ2v) is 5.67. The zero-order valence-corrected chi connectivity index (χ0v) is 13.4. The molecule has 0 aliphatic carbocycles. The molecule has 4 nitrogen and oxygen atoms in total. The van der Waals surface area contributed by atoms with Gasteiger partial charge in [-0.05, 0) is 39.0 Å². The second kappa shape index (κ2) is 7.23. The fourth-order valence-corrected chi connectivity index (χ4v) is 3.05. The monoisotopic (exact) mass is 297 g/mol. The van der Waals surface area contributed by atoms with E-state index in [1.807, 2.05) is 13.8 Å². The maximum atomic E-state index is 6.25. The minimum atomic E-state index is 0.603. The zero-order chi connectivity index (χ0) is 14.5. The second-order valence-electron chi connectivity index (χ2n) is 5.31. The summed E-state index contributed by atoms with van der Waals surface area (Å²) in [4.78, 5) is 11.2. The molecule has 0 saturated carbocycles. The van der Waals surface area contributed by atoms with Gasteiger partial charge in [-0.3, -0.25) is 0 Å². The minimum absolute atomic E-state index is 0.603. The van der Waals surface area contributed by atoms with Gasteiger partial charge in [0.15, 0.2) is 0 Å². The standard InChI is InChI=1S/C15H24ClN3O/c1-4-13-14(16)17-11(3)18-15(13)19-8-6-12(7-9-19)10-20-5-2/h12H,4-10H2,1-3H3. The number of hydrogen-bond donors (Lipinski definition) is 0. The fourth-order valence-electron chi connectivity index (χ4n) is 2.71. The summed E-state index contributed by atoms with van der Waals surface area (Å²) in [6, 6.07) is 0. The summed E-state index contributed by atoms with van der Waals surface area (Å²) in [5.74, 6) is 2.45. The molecule has 1 aliphatic rings. The van der Waals surface area contributed by atoms with Crippen molar-refractivity contribution in [2.75, 3.05) is 31.2 Å². The SMILES string of the molecule is CCOCC1CCN(c2nc(C)nc(Cl)c2CC)CC1. The van der Waals surface area contributed by atoms with Crippen LogP contribution in [0.15, 0.2) is 0 Å². The van der Waals surface area contributed by atoms with E-state index in [4.69, 9.17) is 16.3 Å². The Bertz CT molecular complexity index is 445. The van der Waals surface area contributed by atoms with Gasteiger partial charge >= 0.3 is 0 Å². The molecule has 5 heteroatoms. The first-order valence-electron chi connectivity index (χ1n) is 7.51. The van der Waals surface area contributed by atoms with Gasteiger partial charge in [0.25, 0.3) is 0 Å². The van der Waals surface area contributed by atoms with Crippen LogP contribution < -0.4 is 4.90 Å². The van der Waals surface area contributed by atoms with Crippen LogP contribution in [-0.2, 0) is 11.2 Å². The Kier molecular flexibility index (Phi) is 5.61. The van der Waals surface area contributed by atoms with Crippen LogP contribution in [0.2, 0.25) is 5.15 Å². The fraction of sp³-hybridized carbons (Fsp3) is 0.733. The Labute approximate surface area is 126 Å². The van der Waals surface area contributed by atoms with E-state index in [2.05, 4.69) is 21.8 Å². The van der Waals surface area contributed by atoms with Gasteiger partial charge < -0.3 is 9.64 Å². The van der Waals surface area contributed by atoms with Gasteiger partial charge in [0.1, 0.15) is 16.8 Å². The first kappa shape index (κ1) is 15.5. The number of aromatic nitrogens is 2. The minimum Gasteiger partial charge on any atom is -0.381 e. The number of anilines is 1. The lowest BCUT2D eigenvalue weighted by atomic mass is 9.97. The van der Waals surface area contributed by atoms with Gasteiger partial charge in [-0.25, -0.2) is 9.97 Å². The normalized spacial score (nSPS) is 16.7. The number of hydrogen-bond acceptors (Lipinski definition) is 4. The molecule has 0 unspecified atom stereocenters. The number of nitrogens with zero attached hydrogens (tertiary/aromatic N) is 3. The third-order valence-corrected chi connectivity index (χ3v) is 4.18. The number of piperidine rings is 1. The lowest BCUT2D eigenvalue weighted by molar-refractivity contribution is 0.100. The van der Waals surface area contributed by atoms with Crippen molar-refractivity contribution in [2.45, 2.75) is 40.0 Å². The predicted octanol–water partition coefficient (Wildman–Crippen LogP) is 3.25. The van der Waals surface area contributed by atoms with Crippen LogP contribution in [0.1, 0.15) is 38.1 Å². The molecule has 2 heterocycles. The number of ether oxygens (including phenoxy) is 1. The molecule has 0 spiro atoms. The van der Waals surface area contributed by atoms with Crippen LogP contribution in [0.4, 0.5) is 5.82 Å². The van der Waals surface area contributed by atoms with Crippen molar-refractivity contribution < 1.29 is 4.74 Å². The van der Waals surface area contributed by atoms with Crippen LogP contribution in [0.5, 0.6) is 0 Å². The molecular weight excluding hydrogens is 274 g/mol. The third kappa shape index (κ3) is 3.61. The maximum absolute atomic E-state index is 6.25. The molecule has 1 aromatic rings. The summed E-state index contributed by atoms with van der Waals surface area (Å²) in [5.41, 5.74) is 1.07. The summed E-state index contributed by atoms with van der Waals surface area (Å²) in [6.07, 6.45) is 3.18. The molecule has 20 heavy (non-hydrogen) atoms. The van der Waals surface area contributed by atoms with E-state index in [9.17, 15) is 0 Å². The molecule has 0 radical (unpaired) electrons. The average molecular weight is 298 g/mol. The van der Waals surface area contributed by atoms with Crippen molar-refractivity contribution in [1.29, 1.82) is 0 Å². The zero-order valence-electron chi connectivity index (χ0n) is 12.7. The highest BCUT2D eigenvalue weighted by molar-refractivity contribution is 6.30. The Balaban J connectivity index is 2.06. The molecule has 2 rings (SSSR count). The highest BCUT2D eigenvalue weighted by Gasteiger charge is 2.23. The topological polar surface area (TPSA) is 38.2 Å². The van der Waals surface area contributed by atoms with Gasteiger partial charge in [0.05, 0.1) is 0 Å². The van der Waals surface area contributed by atoms with Crippen molar-refractivity contribution in [2.24, 2.45) is 5.92 Å². The van der Waals surface area contributed by atoms with Crippen LogP contribution in [0.3, 0.4) is 0 Å². The Morgan fingerprint density at radius 3 is 2.55 bits per heavy atom. The first-order valence-corrected chi connectivity index (χ1v) is 7.89. The van der Waals surface area contributed by atoms with E-state index in [0.717, 1.165) is 62.8 Å². The molecule has 1 aliphatic heterocycles. The van der Waals surface area contributed by atoms with E-state index in [1.165, 1.54) is 0 Å². The van der Waals surface area contributed by atoms with Crippen molar-refractivity contribution in [1.82, 2.24) is 9.97 Å². The van der Waals surface area contributed by atoms with Crippen LogP contribution >= 0.6 is 11.6 Å². The maximum Gasteiger partial charge on any atom is 0.138 e. The van der Waals surface area contributed by atoms with E-state index in [1.54, 1.807) is 0 Å². The molecule has 0 N–H and O–H groups in total. The number of rotatable bonds is 5. The first-order chi connectivity index (χ1) is 9.65. The Hall–Kier alpha value is -0.870. The van der Waals surface area contributed by atoms with E-state index in [0.29, 0.717) is 11.1 Å². The molecular formula is C15H24ClN3O. The van der Waals surface area contributed by atoms with Gasteiger partial charge in [-0.2, -0.15) is 0 Å². The molecule has 1 aromatic heterocycles. The van der Waals surface area contributed by atoms with Gasteiger partial charge in [0.2, 0.25) is 0 Å². The van der Waals surface area contributed by atoms with Crippen molar-refractivity contribution in [3.05, 3.63) is 16.5 Å². The van der Waals surface area contributed by atoms with E-state index >= 15 is 0 Å². The third-order valence-electron chi connectivity index (χ3n) is 3.87. The summed E-state index contributed by atoms with van der Waals surface area (Å²) in [7, 11) is 0. The highest BCUT2D eigenvalue weighted by atomic mass is 35.5. The molecule has 112 valence electrons. The summed E-state index contributed by atoms with van der Waals surface area (Å²) in [5, 5.41) is 0.603. The van der Waals surface area contributed by atoms with Crippen molar-refractivity contribution >= 4 is 17.4 Å². The molecule has 0 atom stereocenters. The summed E-state index contributed by atoms with van der Waals surface area (Å²) < 4.78 is 5.53. The van der Waals surface area contributed by atoms with E-state index < -0.39 is 0 Å². The molecule has 0 aromatic carbocycles. The average Bonchev–Trinajstić information content (AvgIpc) is 2.45. The number of aryl methyl sites for hydroxylation is 1. The molecule has 1 saturated heterocycles. The van der Waals surface area contributed by atoms with Gasteiger partial charge in [-0.1, -0.05) is 18.5 Å². The quantitative estimate of drug-likeness (QED) is 0.782. The van der Waals surface area contributed by atoms with Crippen molar-refractivity contribution in [3.63, 3.8) is 0 Å². The van der Waals surface area contributed by atoms with Gasteiger partial charge in [0, 0.05) is 31.9 Å². The van der Waals surface area contributed by atoms with Crippen LogP contribution in [0, 0.1) is 12.8 Å². The van der Waals surface area contributed by atoms with Crippen LogP contribution in [0.25, 0.3) is 0 Å². The largest absolute Gasteiger partial charge is 0.381 e. The predicted molar refractivity (Wildman–Crippen MR) is 82.6 cm³/mol. The van der Waals surface area contributed by atoms with Crippen molar-refractivity contribution in [3.8, 4) is 0 Å².